The van der Waals surface area contributed by atoms with E-state index in [9.17, 15) is 13.2 Å². The van der Waals surface area contributed by atoms with Gasteiger partial charge in [0.2, 0.25) is 5.95 Å². The van der Waals surface area contributed by atoms with Gasteiger partial charge in [-0.05, 0) is 32.4 Å². The van der Waals surface area contributed by atoms with Gasteiger partial charge in [-0.25, -0.2) is 9.97 Å². The van der Waals surface area contributed by atoms with Crippen LogP contribution in [0.15, 0.2) is 12.3 Å². The van der Waals surface area contributed by atoms with Crippen LogP contribution in [-0.2, 0) is 6.18 Å². The van der Waals surface area contributed by atoms with Crippen LogP contribution in [0, 0.1) is 0 Å². The first-order valence-corrected chi connectivity index (χ1v) is 6.89. The topological polar surface area (TPSA) is 41.0 Å². The van der Waals surface area contributed by atoms with Crippen molar-refractivity contribution in [2.75, 3.05) is 24.5 Å². The van der Waals surface area contributed by atoms with Crippen LogP contribution in [0.5, 0.6) is 0 Å². The Hall–Kier alpha value is -1.37. The molecule has 1 aliphatic rings. The molecular formula is C13H19F3N4. The Kier molecular flexibility index (Phi) is 4.80. The number of alkyl halides is 3. The van der Waals surface area contributed by atoms with Crippen molar-refractivity contribution in [1.82, 2.24) is 15.3 Å². The van der Waals surface area contributed by atoms with E-state index in [1.807, 2.05) is 6.92 Å². The van der Waals surface area contributed by atoms with E-state index in [1.165, 1.54) is 6.20 Å². The molecule has 1 aromatic rings. The Morgan fingerprint density at radius 3 is 2.80 bits per heavy atom. The second-order valence-corrected chi connectivity index (χ2v) is 4.93. The molecule has 4 nitrogen and oxygen atoms in total. The van der Waals surface area contributed by atoms with Crippen LogP contribution in [0.25, 0.3) is 0 Å². The van der Waals surface area contributed by atoms with Crippen LogP contribution in [0.2, 0.25) is 0 Å². The molecule has 0 saturated carbocycles. The highest BCUT2D eigenvalue weighted by Crippen LogP contribution is 2.28. The molecule has 2 rings (SSSR count). The van der Waals surface area contributed by atoms with Gasteiger partial charge in [-0.3, -0.25) is 0 Å². The van der Waals surface area contributed by atoms with E-state index in [0.717, 1.165) is 31.9 Å². The van der Waals surface area contributed by atoms with Crippen molar-refractivity contribution in [3.05, 3.63) is 18.0 Å². The largest absolute Gasteiger partial charge is 0.433 e. The van der Waals surface area contributed by atoms with Crippen molar-refractivity contribution in [3.63, 3.8) is 0 Å². The number of aromatic nitrogens is 2. The first-order chi connectivity index (χ1) is 9.50. The number of nitrogens with one attached hydrogen (secondary N) is 1. The summed E-state index contributed by atoms with van der Waals surface area (Å²) in [7, 11) is 0. The van der Waals surface area contributed by atoms with Crippen molar-refractivity contribution in [2.24, 2.45) is 0 Å². The van der Waals surface area contributed by atoms with Gasteiger partial charge in [0, 0.05) is 25.3 Å². The highest BCUT2D eigenvalue weighted by Gasteiger charge is 2.33. The number of piperidine rings is 1. The maximum absolute atomic E-state index is 12.7. The van der Waals surface area contributed by atoms with Gasteiger partial charge < -0.3 is 10.2 Å². The lowest BCUT2D eigenvalue weighted by Gasteiger charge is -2.30. The van der Waals surface area contributed by atoms with Crippen molar-refractivity contribution in [1.29, 1.82) is 0 Å². The van der Waals surface area contributed by atoms with Crippen LogP contribution in [-0.4, -0.2) is 35.6 Å². The molecule has 1 unspecified atom stereocenters. The lowest BCUT2D eigenvalue weighted by Crippen LogP contribution is -2.44. The van der Waals surface area contributed by atoms with Gasteiger partial charge in [0.1, 0.15) is 5.69 Å². The molecule has 1 fully saturated rings. The van der Waals surface area contributed by atoms with Gasteiger partial charge in [0.15, 0.2) is 0 Å². The average Bonchev–Trinajstić information content (AvgIpc) is 2.45. The predicted octanol–water partition coefficient (Wildman–Crippen LogP) is 2.46. The zero-order chi connectivity index (χ0) is 14.6. The normalized spacial score (nSPS) is 19.9. The van der Waals surface area contributed by atoms with E-state index in [0.29, 0.717) is 19.1 Å². The molecule has 0 spiro atoms. The highest BCUT2D eigenvalue weighted by atomic mass is 19.4. The maximum Gasteiger partial charge on any atom is 0.433 e. The smallest absolute Gasteiger partial charge is 0.340 e. The second-order valence-electron chi connectivity index (χ2n) is 4.93. The third-order valence-electron chi connectivity index (χ3n) is 3.45. The third-order valence-corrected chi connectivity index (χ3v) is 3.45. The Balaban J connectivity index is 2.10. The van der Waals surface area contributed by atoms with Crippen LogP contribution in [0.4, 0.5) is 19.1 Å². The van der Waals surface area contributed by atoms with Crippen LogP contribution in [0.1, 0.15) is 31.9 Å². The Morgan fingerprint density at radius 2 is 2.20 bits per heavy atom. The number of hydrogen-bond acceptors (Lipinski definition) is 4. The van der Waals surface area contributed by atoms with Gasteiger partial charge in [0.05, 0.1) is 0 Å². The quantitative estimate of drug-likeness (QED) is 0.924. The summed E-state index contributed by atoms with van der Waals surface area (Å²) in [5, 5.41) is 3.38. The summed E-state index contributed by atoms with van der Waals surface area (Å²) in [6.45, 7) is 4.08. The van der Waals surface area contributed by atoms with Gasteiger partial charge in [0.25, 0.3) is 0 Å². The van der Waals surface area contributed by atoms with Crippen LogP contribution < -0.4 is 10.2 Å². The van der Waals surface area contributed by atoms with Crippen LogP contribution in [0.3, 0.4) is 0 Å². The fraction of sp³-hybridized carbons (Fsp3) is 0.692. The molecule has 1 N–H and O–H groups in total. The SMILES string of the molecule is CCN(CC1CCCCN1)c1nccc(C(F)(F)F)n1. The minimum atomic E-state index is -4.43. The highest BCUT2D eigenvalue weighted by molar-refractivity contribution is 5.31. The lowest BCUT2D eigenvalue weighted by atomic mass is 10.0. The monoisotopic (exact) mass is 288 g/mol. The summed E-state index contributed by atoms with van der Waals surface area (Å²) in [5.41, 5.74) is -0.891. The molecule has 1 aliphatic heterocycles. The summed E-state index contributed by atoms with van der Waals surface area (Å²) < 4.78 is 38.0. The molecule has 2 heterocycles. The number of anilines is 1. The summed E-state index contributed by atoms with van der Waals surface area (Å²) >= 11 is 0. The molecule has 1 saturated heterocycles. The van der Waals surface area contributed by atoms with Crippen LogP contribution >= 0.6 is 0 Å². The molecule has 0 bridgehead atoms. The summed E-state index contributed by atoms with van der Waals surface area (Å²) in [5.74, 6) is 0.148. The first kappa shape index (κ1) is 15.0. The number of rotatable bonds is 4. The Labute approximate surface area is 116 Å². The summed E-state index contributed by atoms with van der Waals surface area (Å²) in [6.07, 6.45) is 0.0825. The predicted molar refractivity (Wildman–Crippen MR) is 70.6 cm³/mol. The maximum atomic E-state index is 12.7. The third kappa shape index (κ3) is 3.82. The van der Waals surface area contributed by atoms with E-state index in [4.69, 9.17) is 0 Å². The van der Waals surface area contributed by atoms with Crippen molar-refractivity contribution >= 4 is 5.95 Å². The molecule has 20 heavy (non-hydrogen) atoms. The standard InChI is InChI=1S/C13H19F3N4/c1-2-20(9-10-5-3-4-7-17-10)12-18-8-6-11(19-12)13(14,15)16/h6,8,10,17H,2-5,7,9H2,1H3. The van der Waals surface area contributed by atoms with Crippen molar-refractivity contribution in [2.45, 2.75) is 38.4 Å². The molecule has 1 atom stereocenters. The summed E-state index contributed by atoms with van der Waals surface area (Å²) in [4.78, 5) is 9.41. The Morgan fingerprint density at radius 1 is 1.40 bits per heavy atom. The van der Waals surface area contributed by atoms with E-state index in [-0.39, 0.29) is 5.95 Å². The van der Waals surface area contributed by atoms with Gasteiger partial charge in [-0.2, -0.15) is 13.2 Å². The van der Waals surface area contributed by atoms with Crippen molar-refractivity contribution < 1.29 is 13.2 Å². The molecule has 7 heteroatoms. The summed E-state index contributed by atoms with van der Waals surface area (Å²) in [6, 6.07) is 1.19. The minimum absolute atomic E-state index is 0.148. The fourth-order valence-corrected chi connectivity index (χ4v) is 2.36. The van der Waals surface area contributed by atoms with Crippen molar-refractivity contribution in [3.8, 4) is 0 Å². The first-order valence-electron chi connectivity index (χ1n) is 6.89. The molecule has 0 amide bonds. The lowest BCUT2D eigenvalue weighted by molar-refractivity contribution is -0.141. The number of nitrogens with zero attached hydrogens (tertiary/aromatic N) is 3. The van der Waals surface area contributed by atoms with E-state index in [2.05, 4.69) is 15.3 Å². The van der Waals surface area contributed by atoms with E-state index in [1.54, 1.807) is 4.90 Å². The molecular weight excluding hydrogens is 269 g/mol. The zero-order valence-corrected chi connectivity index (χ0v) is 11.5. The Bertz CT molecular complexity index is 430. The number of hydrogen-bond donors (Lipinski definition) is 1. The molecule has 1 aromatic heterocycles. The average molecular weight is 288 g/mol. The van der Waals surface area contributed by atoms with Gasteiger partial charge in [-0.1, -0.05) is 6.42 Å². The number of halogens is 3. The van der Waals surface area contributed by atoms with E-state index < -0.39 is 11.9 Å². The molecule has 112 valence electrons. The zero-order valence-electron chi connectivity index (χ0n) is 11.5. The minimum Gasteiger partial charge on any atom is -0.340 e. The molecule has 0 aliphatic carbocycles. The number of likely N-dealkylation sites (N-methyl/N-ethyl adjacent to an activating group) is 1. The second kappa shape index (κ2) is 6.39. The van der Waals surface area contributed by atoms with Gasteiger partial charge in [-0.15, -0.1) is 0 Å². The molecule has 0 radical (unpaired) electrons. The van der Waals surface area contributed by atoms with E-state index >= 15 is 0 Å². The van der Waals surface area contributed by atoms with Gasteiger partial charge >= 0.3 is 6.18 Å². The fourth-order valence-electron chi connectivity index (χ4n) is 2.36. The molecule has 0 aromatic carbocycles.